The minimum Gasteiger partial charge on any atom is -0.497 e. The van der Waals surface area contributed by atoms with Crippen LogP contribution in [0.2, 0.25) is 0 Å². The van der Waals surface area contributed by atoms with E-state index in [9.17, 15) is 0 Å². The smallest absolute Gasteiger partial charge is 0.160 e. The van der Waals surface area contributed by atoms with Crippen molar-refractivity contribution in [1.82, 2.24) is 0 Å². The quantitative estimate of drug-likeness (QED) is 0.476. The Bertz CT molecular complexity index is 763. The molecule has 1 heterocycles. The third kappa shape index (κ3) is 3.77. The van der Waals surface area contributed by atoms with Crippen molar-refractivity contribution >= 4 is 23.8 Å². The van der Waals surface area contributed by atoms with Crippen molar-refractivity contribution in [2.24, 2.45) is 10.8 Å². The highest BCUT2D eigenvalue weighted by atomic mass is 32.2. The highest BCUT2D eigenvalue weighted by Gasteiger charge is 2.62. The van der Waals surface area contributed by atoms with Gasteiger partial charge in [-0.3, -0.25) is 4.18 Å². The van der Waals surface area contributed by atoms with Gasteiger partial charge in [0, 0.05) is 17.5 Å². The summed E-state index contributed by atoms with van der Waals surface area (Å²) in [5.74, 6) is 1.72. The van der Waals surface area contributed by atoms with E-state index in [0.29, 0.717) is 0 Å². The second-order valence-corrected chi connectivity index (χ2v) is 12.1. The average Bonchev–Trinajstić information content (AvgIpc) is 3.12. The van der Waals surface area contributed by atoms with Crippen molar-refractivity contribution in [3.8, 4) is 11.5 Å². The fraction of sp³-hybridized carbons (Fsp3) is 0.500. The Balaban J connectivity index is 2.13. The molecule has 5 heteroatoms. The maximum absolute atomic E-state index is 6.73. The van der Waals surface area contributed by atoms with E-state index in [1.807, 2.05) is 36.0 Å². The molecule has 0 unspecified atom stereocenters. The topological polar surface area (TPSA) is 27.7 Å². The lowest BCUT2D eigenvalue weighted by atomic mass is 9.83. The van der Waals surface area contributed by atoms with Gasteiger partial charge in [-0.15, -0.1) is 0 Å². The van der Waals surface area contributed by atoms with Gasteiger partial charge in [-0.05, 0) is 40.8 Å². The van der Waals surface area contributed by atoms with Gasteiger partial charge in [-0.25, -0.2) is 0 Å². The molecule has 0 radical (unpaired) electrons. The standard InChI is InChI=1S/C24H32O3S2/c1-21(2,3)23(17-9-13-19(25-7)14-10-17)27-29-24(28-23,22(4,5)6)18-11-15-20(26-8)16-12-18/h9-16H,1-8H3/t23-,24-/m1/s1. The Kier molecular flexibility index (Phi) is 5.98. The first-order valence-corrected chi connectivity index (χ1v) is 11.4. The van der Waals surface area contributed by atoms with Crippen molar-refractivity contribution < 1.29 is 13.7 Å². The van der Waals surface area contributed by atoms with E-state index in [1.165, 1.54) is 5.56 Å². The van der Waals surface area contributed by atoms with Crippen LogP contribution < -0.4 is 9.47 Å². The predicted octanol–water partition coefficient (Wildman–Crippen LogP) is 7.21. The largest absolute Gasteiger partial charge is 0.497 e. The van der Waals surface area contributed by atoms with Crippen molar-refractivity contribution in [1.29, 1.82) is 0 Å². The van der Waals surface area contributed by atoms with Gasteiger partial charge >= 0.3 is 0 Å². The molecular weight excluding hydrogens is 400 g/mol. The van der Waals surface area contributed by atoms with Crippen molar-refractivity contribution in [2.45, 2.75) is 50.6 Å². The van der Waals surface area contributed by atoms with E-state index >= 15 is 0 Å². The Morgan fingerprint density at radius 3 is 1.52 bits per heavy atom. The summed E-state index contributed by atoms with van der Waals surface area (Å²) in [6, 6.07) is 16.7. The van der Waals surface area contributed by atoms with Crippen LogP contribution >= 0.6 is 23.8 Å². The van der Waals surface area contributed by atoms with E-state index in [-0.39, 0.29) is 14.9 Å². The molecule has 29 heavy (non-hydrogen) atoms. The van der Waals surface area contributed by atoms with E-state index in [4.69, 9.17) is 13.7 Å². The van der Waals surface area contributed by atoms with Crippen LogP contribution in [0.5, 0.6) is 11.5 Å². The molecule has 1 saturated heterocycles. The normalized spacial score (nSPS) is 25.1. The zero-order valence-corrected chi connectivity index (χ0v) is 20.3. The first kappa shape index (κ1) is 22.4. The molecule has 158 valence electrons. The Morgan fingerprint density at radius 1 is 0.690 bits per heavy atom. The Morgan fingerprint density at radius 2 is 1.14 bits per heavy atom. The van der Waals surface area contributed by atoms with Crippen LogP contribution in [0.25, 0.3) is 0 Å². The molecule has 1 aliphatic heterocycles. The monoisotopic (exact) mass is 432 g/mol. The van der Waals surface area contributed by atoms with E-state index < -0.39 is 4.93 Å². The molecular formula is C24H32O3S2. The fourth-order valence-electron chi connectivity index (χ4n) is 3.61. The molecule has 0 N–H and O–H groups in total. The van der Waals surface area contributed by atoms with Gasteiger partial charge in [0.05, 0.1) is 14.2 Å². The summed E-state index contributed by atoms with van der Waals surface area (Å²) >= 11 is 3.50. The van der Waals surface area contributed by atoms with Gasteiger partial charge < -0.3 is 9.47 Å². The maximum Gasteiger partial charge on any atom is 0.160 e. The second kappa shape index (κ2) is 7.75. The van der Waals surface area contributed by atoms with Gasteiger partial charge in [0.1, 0.15) is 15.6 Å². The van der Waals surface area contributed by atoms with Crippen LogP contribution in [0.3, 0.4) is 0 Å². The summed E-state index contributed by atoms with van der Waals surface area (Å²) in [6.45, 7) is 13.6. The number of benzene rings is 2. The number of hydrogen-bond acceptors (Lipinski definition) is 5. The minimum atomic E-state index is -0.503. The van der Waals surface area contributed by atoms with Crippen LogP contribution in [-0.2, 0) is 13.2 Å². The first-order chi connectivity index (χ1) is 13.5. The van der Waals surface area contributed by atoms with E-state index in [2.05, 4.69) is 65.8 Å². The van der Waals surface area contributed by atoms with Gasteiger partial charge in [-0.1, -0.05) is 77.6 Å². The Hall–Kier alpha value is -1.30. The Labute approximate surface area is 184 Å². The number of thioether (sulfide) groups is 1. The highest BCUT2D eigenvalue weighted by molar-refractivity contribution is 8.18. The molecule has 3 nitrogen and oxygen atoms in total. The number of methoxy groups -OCH3 is 2. The van der Waals surface area contributed by atoms with Gasteiger partial charge in [0.2, 0.25) is 0 Å². The molecule has 0 amide bonds. The molecule has 0 aromatic heterocycles. The van der Waals surface area contributed by atoms with Gasteiger partial charge in [0.25, 0.3) is 0 Å². The second-order valence-electron chi connectivity index (χ2n) is 9.46. The number of ether oxygens (including phenoxy) is 2. The molecule has 1 aliphatic rings. The lowest BCUT2D eigenvalue weighted by Crippen LogP contribution is -2.39. The molecule has 2 aromatic carbocycles. The molecule has 2 aromatic rings. The highest BCUT2D eigenvalue weighted by Crippen LogP contribution is 2.74. The fourth-order valence-corrected chi connectivity index (χ4v) is 7.03. The molecule has 2 atom stereocenters. The van der Waals surface area contributed by atoms with Crippen LogP contribution in [-0.4, -0.2) is 14.2 Å². The summed E-state index contributed by atoms with van der Waals surface area (Å²) in [4.78, 5) is -0.503. The molecule has 1 fully saturated rings. The number of rotatable bonds is 4. The summed E-state index contributed by atoms with van der Waals surface area (Å²) in [5.41, 5.74) is 2.22. The van der Waals surface area contributed by atoms with Crippen molar-refractivity contribution in [2.75, 3.05) is 14.2 Å². The summed E-state index contributed by atoms with van der Waals surface area (Å²) in [7, 11) is 3.39. The molecule has 0 aliphatic carbocycles. The summed E-state index contributed by atoms with van der Waals surface area (Å²) < 4.78 is 17.2. The van der Waals surface area contributed by atoms with Crippen LogP contribution in [0, 0.1) is 10.8 Å². The minimum absolute atomic E-state index is 0.0452. The van der Waals surface area contributed by atoms with Crippen molar-refractivity contribution in [3.63, 3.8) is 0 Å². The summed E-state index contributed by atoms with van der Waals surface area (Å²) in [5, 5.41) is 0. The first-order valence-electron chi connectivity index (χ1n) is 9.85. The molecule has 0 saturated carbocycles. The SMILES string of the molecule is COc1ccc([C@]2(C(C)(C)C)SO[C@@](c3ccc(OC)cc3)(C(C)(C)C)S2)cc1. The van der Waals surface area contributed by atoms with Crippen LogP contribution in [0.4, 0.5) is 0 Å². The maximum atomic E-state index is 6.73. The lowest BCUT2D eigenvalue weighted by molar-refractivity contribution is 0.0767. The predicted molar refractivity (Wildman–Crippen MR) is 125 cm³/mol. The summed E-state index contributed by atoms with van der Waals surface area (Å²) in [6.07, 6.45) is 0. The van der Waals surface area contributed by atoms with Crippen LogP contribution in [0.15, 0.2) is 48.5 Å². The molecule has 0 bridgehead atoms. The van der Waals surface area contributed by atoms with Gasteiger partial charge in [0.15, 0.2) is 4.93 Å². The van der Waals surface area contributed by atoms with E-state index in [0.717, 1.165) is 17.1 Å². The van der Waals surface area contributed by atoms with E-state index in [1.54, 1.807) is 26.3 Å². The zero-order valence-electron chi connectivity index (χ0n) is 18.7. The third-order valence-corrected chi connectivity index (χ3v) is 9.81. The van der Waals surface area contributed by atoms with Crippen molar-refractivity contribution in [3.05, 3.63) is 59.7 Å². The third-order valence-electron chi connectivity index (χ3n) is 5.48. The number of hydrogen-bond donors (Lipinski definition) is 0. The molecule has 0 spiro atoms. The van der Waals surface area contributed by atoms with Crippen LogP contribution in [0.1, 0.15) is 52.7 Å². The zero-order chi connectivity index (χ0) is 21.5. The van der Waals surface area contributed by atoms with Gasteiger partial charge in [-0.2, -0.15) is 0 Å². The molecule has 3 rings (SSSR count). The average molecular weight is 433 g/mol. The lowest BCUT2D eigenvalue weighted by Gasteiger charge is -2.44.